The van der Waals surface area contributed by atoms with Crippen LogP contribution in [0.3, 0.4) is 0 Å². The molecule has 0 bridgehead atoms. The van der Waals surface area contributed by atoms with Gasteiger partial charge in [-0.15, -0.1) is 0 Å². The van der Waals surface area contributed by atoms with Gasteiger partial charge in [0.2, 0.25) is 0 Å². The molecular weight excluding hydrogens is 504 g/mol. The van der Waals surface area contributed by atoms with E-state index in [0.717, 1.165) is 46.5 Å². The van der Waals surface area contributed by atoms with Gasteiger partial charge in [-0.3, -0.25) is 0 Å². The highest BCUT2D eigenvalue weighted by molar-refractivity contribution is 9.11. The molecule has 0 radical (unpaired) electrons. The van der Waals surface area contributed by atoms with E-state index in [1.165, 1.54) is 89.9 Å². The summed E-state index contributed by atoms with van der Waals surface area (Å²) in [5, 5.41) is 0. The number of benzene rings is 1. The molecule has 0 aromatic heterocycles. The van der Waals surface area contributed by atoms with E-state index < -0.39 is 0 Å². The second kappa shape index (κ2) is 19.5. The zero-order chi connectivity index (χ0) is 21.9. The molecule has 0 N–H and O–H groups in total. The highest BCUT2D eigenvalue weighted by Crippen LogP contribution is 2.36. The van der Waals surface area contributed by atoms with Crippen LogP contribution in [0.1, 0.15) is 117 Å². The molecule has 0 aliphatic carbocycles. The number of rotatable bonds is 20. The maximum atomic E-state index is 5.98. The third-order valence-electron chi connectivity index (χ3n) is 5.50. The first-order chi connectivity index (χ1) is 14.7. The van der Waals surface area contributed by atoms with Crippen molar-refractivity contribution in [3.8, 4) is 11.5 Å². The van der Waals surface area contributed by atoms with Crippen molar-refractivity contribution in [3.63, 3.8) is 0 Å². The fourth-order valence-electron chi connectivity index (χ4n) is 3.57. The smallest absolute Gasteiger partial charge is 0.134 e. The van der Waals surface area contributed by atoms with Crippen molar-refractivity contribution in [1.82, 2.24) is 0 Å². The van der Waals surface area contributed by atoms with E-state index in [2.05, 4.69) is 45.7 Å². The third kappa shape index (κ3) is 14.0. The van der Waals surface area contributed by atoms with Crippen molar-refractivity contribution in [2.75, 3.05) is 13.2 Å². The maximum absolute atomic E-state index is 5.98. The Kier molecular flexibility index (Phi) is 18.0. The molecule has 2 nitrogen and oxygen atoms in total. The number of ether oxygens (including phenoxy) is 2. The lowest BCUT2D eigenvalue weighted by molar-refractivity contribution is 0.293. The average Bonchev–Trinajstić information content (AvgIpc) is 2.74. The van der Waals surface area contributed by atoms with Crippen molar-refractivity contribution in [3.05, 3.63) is 21.1 Å². The zero-order valence-electron chi connectivity index (χ0n) is 19.5. The van der Waals surface area contributed by atoms with Crippen LogP contribution in [0.2, 0.25) is 0 Å². The second-order valence-electron chi connectivity index (χ2n) is 8.36. The number of unbranched alkanes of at least 4 members (excludes halogenated alkanes) is 14. The minimum Gasteiger partial charge on any atom is -0.492 e. The highest BCUT2D eigenvalue weighted by atomic mass is 79.9. The van der Waals surface area contributed by atoms with Crippen molar-refractivity contribution >= 4 is 31.9 Å². The maximum Gasteiger partial charge on any atom is 0.134 e. The topological polar surface area (TPSA) is 18.5 Å². The van der Waals surface area contributed by atoms with Gasteiger partial charge in [-0.05, 0) is 56.8 Å². The van der Waals surface area contributed by atoms with Crippen molar-refractivity contribution in [2.45, 2.75) is 117 Å². The molecule has 0 atom stereocenters. The lowest BCUT2D eigenvalue weighted by atomic mass is 10.1. The number of halogens is 2. The summed E-state index contributed by atoms with van der Waals surface area (Å²) in [5.41, 5.74) is 0. The van der Waals surface area contributed by atoms with E-state index in [-0.39, 0.29) is 0 Å². The summed E-state index contributed by atoms with van der Waals surface area (Å²) >= 11 is 7.27. The van der Waals surface area contributed by atoms with Crippen LogP contribution >= 0.6 is 31.9 Å². The van der Waals surface area contributed by atoms with E-state index in [0.29, 0.717) is 0 Å². The predicted octanol–water partition coefficient (Wildman–Crippen LogP) is 10.3. The largest absolute Gasteiger partial charge is 0.492 e. The molecule has 1 aromatic rings. The van der Waals surface area contributed by atoms with Crippen LogP contribution in [0.25, 0.3) is 0 Å². The minimum atomic E-state index is 0.776. The Balaban J connectivity index is 2.15. The Morgan fingerprint density at radius 3 is 1.13 bits per heavy atom. The summed E-state index contributed by atoms with van der Waals surface area (Å²) in [6.07, 6.45) is 21.1. The summed E-state index contributed by atoms with van der Waals surface area (Å²) in [6.45, 7) is 6.09. The van der Waals surface area contributed by atoms with Crippen LogP contribution in [-0.4, -0.2) is 13.2 Å². The van der Waals surface area contributed by atoms with Crippen LogP contribution < -0.4 is 9.47 Å². The molecule has 0 fully saturated rings. The molecule has 4 heteroatoms. The van der Waals surface area contributed by atoms with Crippen LogP contribution in [0, 0.1) is 0 Å². The Morgan fingerprint density at radius 1 is 0.500 bits per heavy atom. The van der Waals surface area contributed by atoms with Gasteiger partial charge in [0.1, 0.15) is 11.5 Å². The van der Waals surface area contributed by atoms with Gasteiger partial charge < -0.3 is 9.47 Å². The van der Waals surface area contributed by atoms with Gasteiger partial charge >= 0.3 is 0 Å². The van der Waals surface area contributed by atoms with Crippen molar-refractivity contribution in [2.24, 2.45) is 0 Å². The lowest BCUT2D eigenvalue weighted by Gasteiger charge is -2.13. The predicted molar refractivity (Wildman–Crippen MR) is 138 cm³/mol. The molecule has 1 aromatic carbocycles. The molecule has 30 heavy (non-hydrogen) atoms. The van der Waals surface area contributed by atoms with Gasteiger partial charge in [-0.1, -0.05) is 104 Å². The molecule has 0 aliphatic rings. The Bertz CT molecular complexity index is 486. The zero-order valence-corrected chi connectivity index (χ0v) is 22.6. The Labute approximate surface area is 203 Å². The Morgan fingerprint density at radius 2 is 0.800 bits per heavy atom. The van der Waals surface area contributed by atoms with Crippen LogP contribution in [-0.2, 0) is 0 Å². The van der Waals surface area contributed by atoms with Gasteiger partial charge in [0.25, 0.3) is 0 Å². The molecule has 0 spiro atoms. The van der Waals surface area contributed by atoms with Gasteiger partial charge in [0, 0.05) is 0 Å². The minimum absolute atomic E-state index is 0.776. The summed E-state index contributed by atoms with van der Waals surface area (Å²) in [7, 11) is 0. The summed E-state index contributed by atoms with van der Waals surface area (Å²) in [4.78, 5) is 0. The van der Waals surface area contributed by atoms with Gasteiger partial charge in [-0.25, -0.2) is 0 Å². The fourth-order valence-corrected chi connectivity index (χ4v) is 4.44. The van der Waals surface area contributed by atoms with Crippen molar-refractivity contribution < 1.29 is 9.47 Å². The van der Waals surface area contributed by atoms with Gasteiger partial charge in [0.05, 0.1) is 22.2 Å². The molecule has 0 aliphatic heterocycles. The van der Waals surface area contributed by atoms with Gasteiger partial charge in [0.15, 0.2) is 0 Å². The van der Waals surface area contributed by atoms with Crippen molar-refractivity contribution in [1.29, 1.82) is 0 Å². The Hall–Kier alpha value is -0.220. The normalized spacial score (nSPS) is 11.1. The molecule has 0 unspecified atom stereocenters. The molecule has 0 saturated carbocycles. The fraction of sp³-hybridized carbons (Fsp3) is 0.769. The van der Waals surface area contributed by atoms with Crippen LogP contribution in [0.15, 0.2) is 21.1 Å². The average molecular weight is 548 g/mol. The molecular formula is C26H44Br2O2. The first-order valence-corrected chi connectivity index (χ1v) is 14.0. The lowest BCUT2D eigenvalue weighted by Crippen LogP contribution is -2.01. The second-order valence-corrected chi connectivity index (χ2v) is 10.1. The standard InChI is InChI=1S/C26H44Br2O2/c1-3-5-7-9-11-13-15-17-19-29-25-21-24(28)26(22-23(25)27)30-20-18-16-14-12-10-8-6-4-2/h21-22H,3-20H2,1-2H3. The summed E-state index contributed by atoms with van der Waals surface area (Å²) in [5.74, 6) is 1.79. The molecule has 1 rings (SSSR count). The highest BCUT2D eigenvalue weighted by Gasteiger charge is 2.09. The summed E-state index contributed by atoms with van der Waals surface area (Å²) in [6, 6.07) is 4.05. The molecule has 0 heterocycles. The number of hydrogen-bond acceptors (Lipinski definition) is 2. The SMILES string of the molecule is CCCCCCCCCCOc1cc(Br)c(OCCCCCCCCCC)cc1Br. The van der Waals surface area contributed by atoms with Gasteiger partial charge in [-0.2, -0.15) is 0 Å². The van der Waals surface area contributed by atoms with Crippen LogP contribution in [0.4, 0.5) is 0 Å². The van der Waals surface area contributed by atoms with E-state index in [1.54, 1.807) is 0 Å². The van der Waals surface area contributed by atoms with E-state index >= 15 is 0 Å². The molecule has 174 valence electrons. The third-order valence-corrected chi connectivity index (χ3v) is 6.74. The molecule has 0 amide bonds. The summed E-state index contributed by atoms with van der Waals surface area (Å²) < 4.78 is 13.9. The first kappa shape index (κ1) is 27.8. The van der Waals surface area contributed by atoms with Crippen LogP contribution in [0.5, 0.6) is 11.5 Å². The van der Waals surface area contributed by atoms with E-state index in [1.807, 2.05) is 12.1 Å². The number of hydrogen-bond donors (Lipinski definition) is 0. The van der Waals surface area contributed by atoms with E-state index in [4.69, 9.17) is 9.47 Å². The quantitative estimate of drug-likeness (QED) is 0.151. The molecule has 0 saturated heterocycles. The monoisotopic (exact) mass is 546 g/mol. The van der Waals surface area contributed by atoms with E-state index in [9.17, 15) is 0 Å². The first-order valence-electron chi connectivity index (χ1n) is 12.4.